The van der Waals surface area contributed by atoms with Gasteiger partial charge in [0.15, 0.2) is 6.29 Å². The molecule has 2 aromatic carbocycles. The molecule has 1 aromatic heterocycles. The number of aromatic nitrogens is 2. The standard InChI is InChI=1S/C22H24ClN3O3/c1-5-22(14-27,15-9-11-16(23)12-10-15)26-18-7-6-8-19(17(18)13-24-26)29-20(28)25-21(2,3)4/h6-14H,5H2,1-4H3,(H,25,28). The van der Waals surface area contributed by atoms with Crippen LogP contribution in [0.4, 0.5) is 4.79 Å². The maximum absolute atomic E-state index is 12.3. The van der Waals surface area contributed by atoms with Crippen molar-refractivity contribution in [1.82, 2.24) is 15.1 Å². The molecule has 1 atom stereocenters. The van der Waals surface area contributed by atoms with E-state index < -0.39 is 17.2 Å². The molecule has 3 rings (SSSR count). The summed E-state index contributed by atoms with van der Waals surface area (Å²) >= 11 is 6.02. The van der Waals surface area contributed by atoms with Crippen LogP contribution < -0.4 is 10.1 Å². The van der Waals surface area contributed by atoms with E-state index in [2.05, 4.69) is 10.4 Å². The first kappa shape index (κ1) is 20.9. The fraction of sp³-hybridized carbons (Fsp3) is 0.318. The number of fused-ring (bicyclic) bond motifs is 1. The molecule has 0 radical (unpaired) electrons. The second-order valence-electron chi connectivity index (χ2n) is 7.91. The monoisotopic (exact) mass is 413 g/mol. The van der Waals surface area contributed by atoms with E-state index in [1.807, 2.05) is 45.9 Å². The first-order chi connectivity index (χ1) is 13.7. The summed E-state index contributed by atoms with van der Waals surface area (Å²) in [4.78, 5) is 24.5. The average Bonchev–Trinajstić information content (AvgIpc) is 3.09. The Balaban J connectivity index is 2.07. The number of hydrogen-bond acceptors (Lipinski definition) is 4. The SMILES string of the molecule is CCC(C=O)(c1ccc(Cl)cc1)n1ncc2c(OC(=O)NC(C)(C)C)cccc21. The Labute approximate surface area is 174 Å². The van der Waals surface area contributed by atoms with Crippen LogP contribution in [-0.4, -0.2) is 27.7 Å². The molecule has 152 valence electrons. The third-order valence-electron chi connectivity index (χ3n) is 4.71. The summed E-state index contributed by atoms with van der Waals surface area (Å²) in [5.74, 6) is 0.377. The fourth-order valence-corrected chi connectivity index (χ4v) is 3.41. The van der Waals surface area contributed by atoms with Gasteiger partial charge in [-0.25, -0.2) is 9.48 Å². The van der Waals surface area contributed by atoms with Gasteiger partial charge in [0.2, 0.25) is 0 Å². The van der Waals surface area contributed by atoms with Gasteiger partial charge < -0.3 is 14.8 Å². The van der Waals surface area contributed by atoms with Crippen LogP contribution in [0, 0.1) is 0 Å². The van der Waals surface area contributed by atoms with Gasteiger partial charge in [-0.3, -0.25) is 0 Å². The summed E-state index contributed by atoms with van der Waals surface area (Å²) in [5, 5.41) is 8.49. The Hall–Kier alpha value is -2.86. The third-order valence-corrected chi connectivity index (χ3v) is 4.96. The van der Waals surface area contributed by atoms with Crippen LogP contribution in [0.5, 0.6) is 5.75 Å². The highest BCUT2D eigenvalue weighted by atomic mass is 35.5. The second kappa shape index (κ2) is 7.87. The van der Waals surface area contributed by atoms with E-state index >= 15 is 0 Å². The largest absolute Gasteiger partial charge is 0.413 e. The third kappa shape index (κ3) is 4.12. The number of rotatable bonds is 5. The van der Waals surface area contributed by atoms with Crippen molar-refractivity contribution in [3.05, 3.63) is 59.2 Å². The van der Waals surface area contributed by atoms with Crippen LogP contribution in [0.15, 0.2) is 48.7 Å². The molecule has 0 fully saturated rings. The minimum absolute atomic E-state index is 0.377. The smallest absolute Gasteiger partial charge is 0.410 e. The van der Waals surface area contributed by atoms with Crippen LogP contribution in [0.1, 0.15) is 39.7 Å². The maximum atomic E-state index is 12.3. The van der Waals surface area contributed by atoms with Crippen LogP contribution in [-0.2, 0) is 10.3 Å². The second-order valence-corrected chi connectivity index (χ2v) is 8.35. The van der Waals surface area contributed by atoms with Crippen molar-refractivity contribution in [2.24, 2.45) is 0 Å². The van der Waals surface area contributed by atoms with Crippen molar-refractivity contribution in [3.63, 3.8) is 0 Å². The highest BCUT2D eigenvalue weighted by molar-refractivity contribution is 6.30. The van der Waals surface area contributed by atoms with Crippen molar-refractivity contribution >= 4 is 34.9 Å². The summed E-state index contributed by atoms with van der Waals surface area (Å²) in [6, 6.07) is 12.5. The van der Waals surface area contributed by atoms with Crippen molar-refractivity contribution < 1.29 is 14.3 Å². The molecule has 29 heavy (non-hydrogen) atoms. The number of benzene rings is 2. The van der Waals surface area contributed by atoms with Gasteiger partial charge >= 0.3 is 6.09 Å². The lowest BCUT2D eigenvalue weighted by atomic mass is 9.88. The van der Waals surface area contributed by atoms with E-state index in [4.69, 9.17) is 16.3 Å². The minimum Gasteiger partial charge on any atom is -0.410 e. The van der Waals surface area contributed by atoms with Gasteiger partial charge in [-0.2, -0.15) is 5.10 Å². The number of hydrogen-bond donors (Lipinski definition) is 1. The zero-order valence-electron chi connectivity index (χ0n) is 16.9. The Kier molecular flexibility index (Phi) is 5.66. The molecule has 1 heterocycles. The number of carbonyl (C=O) groups excluding carboxylic acids is 2. The number of ether oxygens (including phenoxy) is 1. The molecule has 7 heteroatoms. The molecule has 1 N–H and O–H groups in total. The Morgan fingerprint density at radius 2 is 1.90 bits per heavy atom. The quantitative estimate of drug-likeness (QED) is 0.602. The summed E-state index contributed by atoms with van der Waals surface area (Å²) in [6.07, 6.45) is 2.44. The first-order valence-electron chi connectivity index (χ1n) is 9.40. The lowest BCUT2D eigenvalue weighted by Gasteiger charge is -2.29. The van der Waals surface area contributed by atoms with E-state index in [9.17, 15) is 9.59 Å². The highest BCUT2D eigenvalue weighted by Gasteiger charge is 2.35. The molecule has 1 unspecified atom stereocenters. The normalized spacial score (nSPS) is 13.7. The topological polar surface area (TPSA) is 73.2 Å². The zero-order chi connectivity index (χ0) is 21.2. The van der Waals surface area contributed by atoms with Crippen LogP contribution in [0.2, 0.25) is 5.02 Å². The van der Waals surface area contributed by atoms with Crippen molar-refractivity contribution in [3.8, 4) is 5.75 Å². The van der Waals surface area contributed by atoms with E-state index in [-0.39, 0.29) is 0 Å². The zero-order valence-corrected chi connectivity index (χ0v) is 17.7. The number of aldehydes is 1. The van der Waals surface area contributed by atoms with E-state index in [0.29, 0.717) is 28.1 Å². The van der Waals surface area contributed by atoms with Gasteiger partial charge in [0.1, 0.15) is 11.3 Å². The lowest BCUT2D eigenvalue weighted by molar-refractivity contribution is -0.114. The van der Waals surface area contributed by atoms with Gasteiger partial charge in [0.25, 0.3) is 0 Å². The molecule has 0 saturated heterocycles. The number of nitrogens with zero attached hydrogens (tertiary/aromatic N) is 2. The average molecular weight is 414 g/mol. The van der Waals surface area contributed by atoms with E-state index in [1.54, 1.807) is 35.1 Å². The molecule has 0 saturated carbocycles. The summed E-state index contributed by atoms with van der Waals surface area (Å²) < 4.78 is 7.18. The Morgan fingerprint density at radius 3 is 2.48 bits per heavy atom. The fourth-order valence-electron chi connectivity index (χ4n) is 3.28. The van der Waals surface area contributed by atoms with Crippen LogP contribution in [0.3, 0.4) is 0 Å². The molecule has 6 nitrogen and oxygen atoms in total. The molecular formula is C22H24ClN3O3. The first-order valence-corrected chi connectivity index (χ1v) is 9.77. The summed E-state index contributed by atoms with van der Waals surface area (Å²) in [6.45, 7) is 7.55. The van der Waals surface area contributed by atoms with Crippen molar-refractivity contribution in [1.29, 1.82) is 0 Å². The summed E-state index contributed by atoms with van der Waals surface area (Å²) in [7, 11) is 0. The number of amides is 1. The van der Waals surface area contributed by atoms with Gasteiger partial charge in [-0.15, -0.1) is 0 Å². The van der Waals surface area contributed by atoms with Gasteiger partial charge in [0, 0.05) is 10.6 Å². The predicted octanol–water partition coefficient (Wildman–Crippen LogP) is 4.93. The van der Waals surface area contributed by atoms with Crippen LogP contribution in [0.25, 0.3) is 10.9 Å². The Bertz CT molecular complexity index is 1040. The number of halogens is 1. The summed E-state index contributed by atoms with van der Waals surface area (Å²) in [5.41, 5.74) is 0.0493. The maximum Gasteiger partial charge on any atom is 0.413 e. The van der Waals surface area contributed by atoms with Crippen molar-refractivity contribution in [2.45, 2.75) is 45.2 Å². The van der Waals surface area contributed by atoms with Gasteiger partial charge in [-0.05, 0) is 57.0 Å². The molecule has 0 spiro atoms. The number of nitrogens with one attached hydrogen (secondary N) is 1. The van der Waals surface area contributed by atoms with Crippen molar-refractivity contribution in [2.75, 3.05) is 0 Å². The molecule has 1 amide bonds. The van der Waals surface area contributed by atoms with E-state index in [1.165, 1.54) is 0 Å². The highest BCUT2D eigenvalue weighted by Crippen LogP contribution is 2.34. The molecule has 0 aliphatic carbocycles. The van der Waals surface area contributed by atoms with Crippen LogP contribution >= 0.6 is 11.6 Å². The van der Waals surface area contributed by atoms with Gasteiger partial charge in [0.05, 0.1) is 17.1 Å². The molecular weight excluding hydrogens is 390 g/mol. The van der Waals surface area contributed by atoms with E-state index in [0.717, 1.165) is 11.8 Å². The number of carbonyl (C=O) groups is 2. The van der Waals surface area contributed by atoms with Gasteiger partial charge in [-0.1, -0.05) is 36.7 Å². The molecule has 0 bridgehead atoms. The Morgan fingerprint density at radius 1 is 1.21 bits per heavy atom. The molecule has 3 aromatic rings. The predicted molar refractivity (Wildman–Crippen MR) is 114 cm³/mol. The molecule has 0 aliphatic heterocycles. The minimum atomic E-state index is -1.00. The molecule has 0 aliphatic rings. The lowest BCUT2D eigenvalue weighted by Crippen LogP contribution is -2.42.